The maximum absolute atomic E-state index is 13.4. The van der Waals surface area contributed by atoms with Crippen LogP contribution in [0.3, 0.4) is 0 Å². The van der Waals surface area contributed by atoms with Crippen molar-refractivity contribution in [3.8, 4) is 0 Å². The molecule has 0 radical (unpaired) electrons. The highest BCUT2D eigenvalue weighted by atomic mass is 19.1. The normalized spacial score (nSPS) is 26.0. The van der Waals surface area contributed by atoms with E-state index in [1.54, 1.807) is 6.07 Å². The molecule has 0 bridgehead atoms. The molecule has 3 saturated heterocycles. The fraction of sp³-hybridized carbons (Fsp3) is 0.667. The number of nitrogens with zero attached hydrogens (tertiary/aromatic N) is 4. The minimum atomic E-state index is -0.623. The molecule has 4 rings (SSSR count). The van der Waals surface area contributed by atoms with Crippen LogP contribution in [0.1, 0.15) is 48.9 Å². The summed E-state index contributed by atoms with van der Waals surface area (Å²) >= 11 is 0. The Balaban J connectivity index is 1.40. The van der Waals surface area contributed by atoms with Crippen molar-refractivity contribution in [1.82, 2.24) is 19.7 Å². The first kappa shape index (κ1) is 19.3. The predicted molar refractivity (Wildman–Crippen MR) is 103 cm³/mol. The van der Waals surface area contributed by atoms with Crippen LogP contribution in [-0.4, -0.2) is 77.3 Å². The van der Waals surface area contributed by atoms with Gasteiger partial charge < -0.3 is 9.80 Å². The number of carbonyl (C=O) groups is 2. The maximum atomic E-state index is 13.4. The summed E-state index contributed by atoms with van der Waals surface area (Å²) in [5, 5.41) is 0. The molecule has 1 spiro atoms. The fourth-order valence-electron chi connectivity index (χ4n) is 5.14. The van der Waals surface area contributed by atoms with Gasteiger partial charge in [0.1, 0.15) is 0 Å². The molecule has 3 aliphatic heterocycles. The Morgan fingerprint density at radius 1 is 1.00 bits per heavy atom. The van der Waals surface area contributed by atoms with E-state index in [-0.39, 0.29) is 17.2 Å². The Bertz CT molecular complexity index is 733. The van der Waals surface area contributed by atoms with Gasteiger partial charge in [-0.3, -0.25) is 14.5 Å². The zero-order valence-electron chi connectivity index (χ0n) is 16.4. The Morgan fingerprint density at radius 2 is 1.71 bits per heavy atom. The average Bonchev–Trinajstić information content (AvgIpc) is 3.22. The number of likely N-dealkylation sites (tertiary alicyclic amines) is 3. The third-order valence-electron chi connectivity index (χ3n) is 6.48. The number of pyridine rings is 1. The second-order valence-electron chi connectivity index (χ2n) is 8.60. The molecule has 0 saturated carbocycles. The number of hydrogen-bond acceptors (Lipinski definition) is 4. The lowest BCUT2D eigenvalue weighted by atomic mass is 9.73. The zero-order chi connectivity index (χ0) is 19.6. The van der Waals surface area contributed by atoms with Gasteiger partial charge in [-0.1, -0.05) is 0 Å². The molecule has 0 aromatic carbocycles. The van der Waals surface area contributed by atoms with Gasteiger partial charge in [-0.2, -0.15) is 4.39 Å². The first-order valence-electron chi connectivity index (χ1n) is 10.5. The van der Waals surface area contributed by atoms with E-state index in [4.69, 9.17) is 0 Å². The Morgan fingerprint density at radius 3 is 2.46 bits per heavy atom. The number of aromatic nitrogens is 1. The van der Waals surface area contributed by atoms with Crippen molar-refractivity contribution in [3.63, 3.8) is 0 Å². The van der Waals surface area contributed by atoms with Crippen molar-refractivity contribution in [2.24, 2.45) is 5.41 Å². The molecule has 7 heteroatoms. The molecule has 3 aliphatic rings. The number of hydrogen-bond donors (Lipinski definition) is 0. The molecule has 0 N–H and O–H groups in total. The second kappa shape index (κ2) is 8.15. The van der Waals surface area contributed by atoms with Crippen LogP contribution in [0, 0.1) is 11.4 Å². The summed E-state index contributed by atoms with van der Waals surface area (Å²) in [6.45, 7) is 5.48. The molecule has 4 heterocycles. The lowest BCUT2D eigenvalue weighted by Crippen LogP contribution is -2.55. The molecular formula is C21H29FN4O2. The van der Waals surface area contributed by atoms with Gasteiger partial charge in [-0.15, -0.1) is 0 Å². The third kappa shape index (κ3) is 4.19. The van der Waals surface area contributed by atoms with E-state index in [2.05, 4.69) is 9.88 Å². The second-order valence-corrected chi connectivity index (χ2v) is 8.60. The van der Waals surface area contributed by atoms with Crippen LogP contribution in [0.25, 0.3) is 0 Å². The lowest BCUT2D eigenvalue weighted by molar-refractivity contribution is -0.132. The smallest absolute Gasteiger partial charge is 0.254 e. The monoisotopic (exact) mass is 388 g/mol. The standard InChI is InChI=1S/C21H29FN4O2/c22-18-13-17(5-8-23-18)20(28)26-12-4-7-21(16-26)6-3-9-24(15-21)14-19(27)25-10-1-2-11-25/h5,8,13H,1-4,6-7,9-12,14-16H2. The van der Waals surface area contributed by atoms with Gasteiger partial charge in [-0.25, -0.2) is 4.98 Å². The highest BCUT2D eigenvalue weighted by Crippen LogP contribution is 2.38. The van der Waals surface area contributed by atoms with Crippen molar-refractivity contribution in [2.45, 2.75) is 38.5 Å². The minimum absolute atomic E-state index is 0.0447. The highest BCUT2D eigenvalue weighted by Gasteiger charge is 2.41. The van der Waals surface area contributed by atoms with Crippen LogP contribution in [-0.2, 0) is 4.79 Å². The topological polar surface area (TPSA) is 56.8 Å². The summed E-state index contributed by atoms with van der Waals surface area (Å²) in [4.78, 5) is 35.1. The van der Waals surface area contributed by atoms with Crippen LogP contribution in [0.5, 0.6) is 0 Å². The van der Waals surface area contributed by atoms with Crippen LogP contribution in [0.15, 0.2) is 18.3 Å². The van der Waals surface area contributed by atoms with Gasteiger partial charge in [0.05, 0.1) is 6.54 Å². The predicted octanol–water partition coefficient (Wildman–Crippen LogP) is 2.16. The van der Waals surface area contributed by atoms with Crippen LogP contribution >= 0.6 is 0 Å². The van der Waals surface area contributed by atoms with Gasteiger partial charge in [0, 0.05) is 56.0 Å². The van der Waals surface area contributed by atoms with E-state index in [0.29, 0.717) is 25.2 Å². The summed E-state index contributed by atoms with van der Waals surface area (Å²) in [5.74, 6) is -0.502. The van der Waals surface area contributed by atoms with E-state index in [1.165, 1.54) is 12.3 Å². The van der Waals surface area contributed by atoms with Crippen LogP contribution < -0.4 is 0 Å². The molecular weight excluding hydrogens is 359 g/mol. The summed E-state index contributed by atoms with van der Waals surface area (Å²) < 4.78 is 13.4. The lowest BCUT2D eigenvalue weighted by Gasteiger charge is -2.48. The van der Waals surface area contributed by atoms with Gasteiger partial charge in [0.25, 0.3) is 5.91 Å². The summed E-state index contributed by atoms with van der Waals surface area (Å²) in [6, 6.07) is 2.79. The molecule has 1 unspecified atom stereocenters. The van der Waals surface area contributed by atoms with E-state index in [9.17, 15) is 14.0 Å². The maximum Gasteiger partial charge on any atom is 0.254 e. The molecule has 1 aromatic heterocycles. The fourth-order valence-corrected chi connectivity index (χ4v) is 5.14. The van der Waals surface area contributed by atoms with Gasteiger partial charge >= 0.3 is 0 Å². The largest absolute Gasteiger partial charge is 0.342 e. The number of piperidine rings is 2. The SMILES string of the molecule is O=C(CN1CCCC2(CCCN(C(=O)c3ccnc(F)c3)C2)C1)N1CCCC1. The third-order valence-corrected chi connectivity index (χ3v) is 6.48. The Hall–Kier alpha value is -2.02. The molecule has 1 aromatic rings. The molecule has 3 fully saturated rings. The zero-order valence-corrected chi connectivity index (χ0v) is 16.4. The average molecular weight is 388 g/mol. The number of amides is 2. The summed E-state index contributed by atoms with van der Waals surface area (Å²) in [7, 11) is 0. The van der Waals surface area contributed by atoms with E-state index in [1.807, 2.05) is 9.80 Å². The quantitative estimate of drug-likeness (QED) is 0.745. The van der Waals surface area contributed by atoms with E-state index in [0.717, 1.165) is 64.7 Å². The van der Waals surface area contributed by atoms with Crippen molar-refractivity contribution in [3.05, 3.63) is 29.8 Å². The van der Waals surface area contributed by atoms with Crippen molar-refractivity contribution in [2.75, 3.05) is 45.8 Å². The van der Waals surface area contributed by atoms with E-state index < -0.39 is 5.95 Å². The molecule has 28 heavy (non-hydrogen) atoms. The van der Waals surface area contributed by atoms with Crippen molar-refractivity contribution >= 4 is 11.8 Å². The molecule has 0 aliphatic carbocycles. The van der Waals surface area contributed by atoms with Crippen LogP contribution in [0.4, 0.5) is 4.39 Å². The van der Waals surface area contributed by atoms with Crippen molar-refractivity contribution in [1.29, 1.82) is 0 Å². The molecule has 2 amide bonds. The summed E-state index contributed by atoms with van der Waals surface area (Å²) in [5.41, 5.74) is 0.407. The summed E-state index contributed by atoms with van der Waals surface area (Å²) in [6.07, 6.45) is 7.73. The van der Waals surface area contributed by atoms with E-state index >= 15 is 0 Å². The van der Waals surface area contributed by atoms with Gasteiger partial charge in [0.2, 0.25) is 11.9 Å². The van der Waals surface area contributed by atoms with Gasteiger partial charge in [-0.05, 0) is 51.1 Å². The first-order chi connectivity index (χ1) is 13.5. The first-order valence-corrected chi connectivity index (χ1v) is 10.5. The number of carbonyl (C=O) groups excluding carboxylic acids is 2. The molecule has 6 nitrogen and oxygen atoms in total. The Kier molecular flexibility index (Phi) is 5.62. The number of rotatable bonds is 3. The van der Waals surface area contributed by atoms with Gasteiger partial charge in [0.15, 0.2) is 0 Å². The number of halogens is 1. The van der Waals surface area contributed by atoms with Crippen LogP contribution in [0.2, 0.25) is 0 Å². The molecule has 1 atom stereocenters. The molecule has 152 valence electrons. The minimum Gasteiger partial charge on any atom is -0.342 e. The van der Waals surface area contributed by atoms with Crippen molar-refractivity contribution < 1.29 is 14.0 Å². The highest BCUT2D eigenvalue weighted by molar-refractivity contribution is 5.94. The Labute approximate surface area is 165 Å².